The molecule has 186 valence electrons. The number of carbonyl (C=O) groups is 1. The van der Waals surface area contributed by atoms with Crippen molar-refractivity contribution >= 4 is 49.0 Å². The highest BCUT2D eigenvalue weighted by molar-refractivity contribution is 7.93. The molecule has 0 unspecified atom stereocenters. The van der Waals surface area contributed by atoms with Crippen LogP contribution in [-0.4, -0.2) is 55.0 Å². The summed E-state index contributed by atoms with van der Waals surface area (Å²) in [5.41, 5.74) is 1.59. The molecule has 2 aromatic carbocycles. The summed E-state index contributed by atoms with van der Waals surface area (Å²) in [5.74, 6) is -0.312. The molecule has 1 atom stereocenters. The van der Waals surface area contributed by atoms with E-state index in [1.165, 1.54) is 23.6 Å². The van der Waals surface area contributed by atoms with Crippen LogP contribution in [0.25, 0.3) is 10.9 Å². The maximum Gasteiger partial charge on any atom is 0.263 e. The van der Waals surface area contributed by atoms with Crippen molar-refractivity contribution in [2.24, 2.45) is 0 Å². The van der Waals surface area contributed by atoms with Crippen LogP contribution in [0, 0.1) is 5.82 Å². The molecule has 0 spiro atoms. The Morgan fingerprint density at radius 2 is 1.86 bits per heavy atom. The van der Waals surface area contributed by atoms with Crippen molar-refractivity contribution in [3.05, 3.63) is 72.1 Å². The molecule has 11 heteroatoms. The number of piperazine rings is 1. The molecule has 4 aromatic rings. The van der Waals surface area contributed by atoms with Gasteiger partial charge >= 0.3 is 0 Å². The van der Waals surface area contributed by atoms with Gasteiger partial charge in [0.2, 0.25) is 5.91 Å². The molecule has 1 aliphatic heterocycles. The average molecular weight is 518 g/mol. The molecule has 1 N–H and O–H groups in total. The van der Waals surface area contributed by atoms with Crippen LogP contribution in [0.5, 0.6) is 0 Å². The van der Waals surface area contributed by atoms with E-state index in [4.69, 9.17) is 0 Å². The summed E-state index contributed by atoms with van der Waals surface area (Å²) in [7, 11) is -3.70. The van der Waals surface area contributed by atoms with E-state index in [1.807, 2.05) is 22.5 Å². The van der Waals surface area contributed by atoms with E-state index < -0.39 is 16.1 Å². The Morgan fingerprint density at radius 3 is 2.54 bits per heavy atom. The summed E-state index contributed by atoms with van der Waals surface area (Å²) in [4.78, 5) is 21.2. The number of halogens is 1. The Morgan fingerprint density at radius 1 is 1.11 bits per heavy atom. The molecule has 0 bridgehead atoms. The summed E-state index contributed by atoms with van der Waals surface area (Å²) >= 11 is 1.21. The van der Waals surface area contributed by atoms with E-state index >= 15 is 0 Å². The molecular weight excluding hydrogens is 489 g/mol. The molecule has 0 aliphatic carbocycles. The van der Waals surface area contributed by atoms with Crippen molar-refractivity contribution in [1.82, 2.24) is 14.5 Å². The lowest BCUT2D eigenvalue weighted by molar-refractivity contribution is -0.134. The molecular formula is C24H28FN5O3S2. The lowest BCUT2D eigenvalue weighted by Gasteiger charge is -2.37. The first-order valence-corrected chi connectivity index (χ1v) is 13.5. The second-order valence-electron chi connectivity index (χ2n) is 8.32. The minimum Gasteiger partial charge on any atom is -0.368 e. The number of hydrogen-bond donors (Lipinski definition) is 1. The van der Waals surface area contributed by atoms with Crippen LogP contribution in [0.2, 0.25) is 0 Å². The number of amides is 1. The number of sulfonamides is 1. The van der Waals surface area contributed by atoms with Crippen LogP contribution >= 0.6 is 11.3 Å². The summed E-state index contributed by atoms with van der Waals surface area (Å²) in [6, 6.07) is 12.8. The second-order valence-corrected chi connectivity index (χ2v) is 10.9. The van der Waals surface area contributed by atoms with Gasteiger partial charge in [0.15, 0.2) is 5.13 Å². The van der Waals surface area contributed by atoms with Crippen molar-refractivity contribution in [2.45, 2.75) is 17.9 Å². The van der Waals surface area contributed by atoms with Crippen molar-refractivity contribution in [2.75, 3.05) is 35.8 Å². The first-order valence-electron chi connectivity index (χ1n) is 11.1. The van der Waals surface area contributed by atoms with E-state index in [1.54, 1.807) is 48.0 Å². The van der Waals surface area contributed by atoms with Gasteiger partial charge in [-0.15, -0.1) is 11.3 Å². The van der Waals surface area contributed by atoms with Gasteiger partial charge in [0.05, 0.1) is 10.4 Å². The fourth-order valence-electron chi connectivity index (χ4n) is 4.34. The van der Waals surface area contributed by atoms with Gasteiger partial charge in [-0.25, -0.2) is 17.8 Å². The van der Waals surface area contributed by atoms with Crippen molar-refractivity contribution in [1.29, 1.82) is 0 Å². The van der Waals surface area contributed by atoms with E-state index in [0.29, 0.717) is 42.2 Å². The highest BCUT2D eigenvalue weighted by Gasteiger charge is 2.27. The van der Waals surface area contributed by atoms with Gasteiger partial charge < -0.3 is 14.4 Å². The molecule has 0 saturated carbocycles. The van der Waals surface area contributed by atoms with Crippen LogP contribution in [0.1, 0.15) is 15.8 Å². The third-order valence-corrected chi connectivity index (χ3v) is 8.41. The van der Waals surface area contributed by atoms with Gasteiger partial charge in [-0.2, -0.15) is 0 Å². The summed E-state index contributed by atoms with van der Waals surface area (Å²) in [6.45, 7) is 4.18. The zero-order valence-corrected chi connectivity index (χ0v) is 20.6. The molecule has 1 fully saturated rings. The molecule has 5 rings (SSSR count). The molecule has 1 amide bonds. The minimum atomic E-state index is -3.70. The van der Waals surface area contributed by atoms with Gasteiger partial charge in [-0.05, 0) is 49.4 Å². The Labute approximate surface area is 209 Å². The quantitative estimate of drug-likeness (QED) is 0.409. The van der Waals surface area contributed by atoms with Crippen LogP contribution in [-0.2, 0) is 14.8 Å². The van der Waals surface area contributed by atoms with Gasteiger partial charge in [0.1, 0.15) is 11.9 Å². The van der Waals surface area contributed by atoms with Crippen molar-refractivity contribution in [3.8, 4) is 0 Å². The van der Waals surface area contributed by atoms with Crippen molar-refractivity contribution in [3.63, 3.8) is 0 Å². The molecule has 1 aliphatic rings. The first kappa shape index (κ1) is 23.3. The third kappa shape index (κ3) is 4.61. The number of aromatic nitrogens is 2. The van der Waals surface area contributed by atoms with Gasteiger partial charge in [-0.3, -0.25) is 9.52 Å². The number of nitrogens with zero attached hydrogens (tertiary/aromatic N) is 4. The van der Waals surface area contributed by atoms with Gasteiger partial charge in [-0.1, -0.05) is 6.07 Å². The minimum absolute atomic E-state index is 0. The standard InChI is InChI=1S/C24H24FN5O3S2.2H2/c1-17(30-11-9-20-21(25)3-2-4-22(20)30)23(31)29-14-12-28(13-15-29)18-5-7-19(8-6-18)35(32,33)27-24-26-10-16-34-24;;/h2-11,16-17H,12-15H2,1H3,(H,26,27);2*1H/t17-;;/m1../s1. The number of thiazole rings is 1. The van der Waals surface area contributed by atoms with E-state index in [0.717, 1.165) is 5.69 Å². The largest absolute Gasteiger partial charge is 0.368 e. The third-order valence-electron chi connectivity index (χ3n) is 6.24. The molecule has 8 nitrogen and oxygen atoms in total. The van der Waals surface area contributed by atoms with Gasteiger partial charge in [0.25, 0.3) is 10.0 Å². The second kappa shape index (κ2) is 9.31. The number of nitrogens with one attached hydrogen (secondary N) is 1. The van der Waals surface area contributed by atoms with E-state index in [-0.39, 0.29) is 19.5 Å². The maximum absolute atomic E-state index is 14.0. The van der Waals surface area contributed by atoms with Crippen LogP contribution < -0.4 is 9.62 Å². The molecule has 3 heterocycles. The SMILES string of the molecule is C[C@H](C(=O)N1CCN(c2ccc(S(=O)(=O)Nc3nccs3)cc2)CC1)n1ccc2c(F)cccc21.[HH].[HH]. The summed E-state index contributed by atoms with van der Waals surface area (Å²) < 4.78 is 43.4. The van der Waals surface area contributed by atoms with Crippen LogP contribution in [0.4, 0.5) is 15.2 Å². The maximum atomic E-state index is 14.0. The topological polar surface area (TPSA) is 87.5 Å². The summed E-state index contributed by atoms with van der Waals surface area (Å²) in [5, 5.41) is 2.53. The monoisotopic (exact) mass is 517 g/mol. The van der Waals surface area contributed by atoms with Crippen molar-refractivity contribution < 1.29 is 20.5 Å². The number of hydrogen-bond acceptors (Lipinski definition) is 6. The fraction of sp³-hybridized carbons (Fsp3) is 0.250. The molecule has 1 saturated heterocycles. The Balaban J connectivity index is 0.00000190. The lowest BCUT2D eigenvalue weighted by Crippen LogP contribution is -2.50. The summed E-state index contributed by atoms with van der Waals surface area (Å²) in [6.07, 6.45) is 3.29. The molecule has 0 radical (unpaired) electrons. The predicted molar refractivity (Wildman–Crippen MR) is 139 cm³/mol. The predicted octanol–water partition coefficient (Wildman–Crippen LogP) is 4.44. The van der Waals surface area contributed by atoms with E-state index in [9.17, 15) is 17.6 Å². The molecule has 35 heavy (non-hydrogen) atoms. The number of anilines is 2. The number of rotatable bonds is 6. The highest BCUT2D eigenvalue weighted by atomic mass is 32.2. The van der Waals surface area contributed by atoms with Crippen LogP contribution in [0.15, 0.2) is 71.2 Å². The fourth-order valence-corrected chi connectivity index (χ4v) is 6.13. The molecule has 2 aromatic heterocycles. The zero-order chi connectivity index (χ0) is 24.6. The van der Waals surface area contributed by atoms with Gasteiger partial charge in [0, 0.05) is 57.9 Å². The van der Waals surface area contributed by atoms with Crippen LogP contribution in [0.3, 0.4) is 0 Å². The average Bonchev–Trinajstić information content (AvgIpc) is 3.54. The highest BCUT2D eigenvalue weighted by Crippen LogP contribution is 2.25. The number of fused-ring (bicyclic) bond motifs is 1. The first-order chi connectivity index (χ1) is 16.8. The zero-order valence-electron chi connectivity index (χ0n) is 19.0. The smallest absolute Gasteiger partial charge is 0.263 e. The number of benzene rings is 2. The Bertz CT molecular complexity index is 1460. The Kier molecular flexibility index (Phi) is 6.20. The lowest BCUT2D eigenvalue weighted by atomic mass is 10.2. The van der Waals surface area contributed by atoms with E-state index in [2.05, 4.69) is 14.6 Å². The normalized spacial score (nSPS) is 15.4. The Hall–Kier alpha value is -3.44. The number of carbonyl (C=O) groups excluding carboxylic acids is 1.